The zero-order valence-corrected chi connectivity index (χ0v) is 54.5. The molecule has 1 amide bonds. The summed E-state index contributed by atoms with van der Waals surface area (Å²) >= 11 is 0. The van der Waals surface area contributed by atoms with Gasteiger partial charge in [-0.3, -0.25) is 9.59 Å². The van der Waals surface area contributed by atoms with Gasteiger partial charge in [0.2, 0.25) is 5.91 Å². The number of aliphatic hydroxyl groups excluding tert-OH is 2. The van der Waals surface area contributed by atoms with Crippen LogP contribution in [0.3, 0.4) is 0 Å². The Hall–Kier alpha value is -2.18. The Morgan fingerprint density at radius 2 is 0.642 bits per heavy atom. The third kappa shape index (κ3) is 66.8. The van der Waals surface area contributed by atoms with Gasteiger partial charge in [0.1, 0.15) is 0 Å². The molecule has 0 aliphatic carbocycles. The van der Waals surface area contributed by atoms with Crippen LogP contribution in [0.5, 0.6) is 0 Å². The van der Waals surface area contributed by atoms with E-state index in [9.17, 15) is 19.8 Å². The molecule has 81 heavy (non-hydrogen) atoms. The summed E-state index contributed by atoms with van der Waals surface area (Å²) in [5.41, 5.74) is 0. The summed E-state index contributed by atoms with van der Waals surface area (Å²) in [7, 11) is 0. The molecular formula is C75H141NO5. The second kappa shape index (κ2) is 70.3. The van der Waals surface area contributed by atoms with Crippen molar-refractivity contribution in [1.82, 2.24) is 5.32 Å². The van der Waals surface area contributed by atoms with Gasteiger partial charge in [-0.25, -0.2) is 0 Å². The van der Waals surface area contributed by atoms with Crippen LogP contribution in [0.15, 0.2) is 48.6 Å². The van der Waals surface area contributed by atoms with Crippen molar-refractivity contribution in [2.75, 3.05) is 13.2 Å². The smallest absolute Gasteiger partial charge is 0.305 e. The number of nitrogens with one attached hydrogen (secondary N) is 1. The van der Waals surface area contributed by atoms with E-state index < -0.39 is 12.1 Å². The van der Waals surface area contributed by atoms with Crippen molar-refractivity contribution in [2.45, 2.75) is 405 Å². The summed E-state index contributed by atoms with van der Waals surface area (Å²) in [6, 6.07) is -0.540. The first-order chi connectivity index (χ1) is 40.0. The lowest BCUT2D eigenvalue weighted by Crippen LogP contribution is -2.45. The fourth-order valence-corrected chi connectivity index (χ4v) is 11.3. The average Bonchev–Trinajstić information content (AvgIpc) is 3.47. The van der Waals surface area contributed by atoms with Gasteiger partial charge in [-0.05, 0) is 83.5 Å². The summed E-state index contributed by atoms with van der Waals surface area (Å²) < 4.78 is 5.47. The zero-order chi connectivity index (χ0) is 58.5. The van der Waals surface area contributed by atoms with Gasteiger partial charge in [0, 0.05) is 12.8 Å². The fourth-order valence-electron chi connectivity index (χ4n) is 11.3. The monoisotopic (exact) mass is 1140 g/mol. The average molecular weight is 1140 g/mol. The molecule has 2 atom stereocenters. The highest BCUT2D eigenvalue weighted by Gasteiger charge is 2.20. The molecule has 6 nitrogen and oxygen atoms in total. The van der Waals surface area contributed by atoms with Crippen LogP contribution in [0.25, 0.3) is 0 Å². The number of ether oxygens (including phenoxy) is 1. The number of unbranched alkanes of at least 4 members (excludes halogenated alkanes) is 49. The molecule has 2 unspecified atom stereocenters. The second-order valence-electron chi connectivity index (χ2n) is 24.9. The first-order valence-corrected chi connectivity index (χ1v) is 36.4. The van der Waals surface area contributed by atoms with Gasteiger partial charge in [-0.1, -0.05) is 345 Å². The largest absolute Gasteiger partial charge is 0.466 e. The first kappa shape index (κ1) is 78.8. The highest BCUT2D eigenvalue weighted by molar-refractivity contribution is 5.76. The van der Waals surface area contributed by atoms with E-state index in [4.69, 9.17) is 4.74 Å². The molecular weight excluding hydrogens is 995 g/mol. The highest BCUT2D eigenvalue weighted by atomic mass is 16.5. The van der Waals surface area contributed by atoms with E-state index in [1.807, 2.05) is 0 Å². The van der Waals surface area contributed by atoms with Crippen molar-refractivity contribution >= 4 is 11.9 Å². The molecule has 0 spiro atoms. The molecule has 0 aromatic carbocycles. The van der Waals surface area contributed by atoms with Gasteiger partial charge in [0.15, 0.2) is 0 Å². The Kier molecular flexibility index (Phi) is 68.4. The lowest BCUT2D eigenvalue weighted by atomic mass is 10.0. The number of rotatable bonds is 68. The van der Waals surface area contributed by atoms with Crippen LogP contribution in [-0.2, 0) is 14.3 Å². The molecule has 476 valence electrons. The minimum atomic E-state index is -0.663. The van der Waals surface area contributed by atoms with Crippen LogP contribution >= 0.6 is 0 Å². The summed E-state index contributed by atoms with van der Waals surface area (Å²) in [4.78, 5) is 24.6. The predicted octanol–water partition coefficient (Wildman–Crippen LogP) is 23.6. The zero-order valence-electron chi connectivity index (χ0n) is 54.5. The summed E-state index contributed by atoms with van der Waals surface area (Å²) in [6.07, 6.45) is 91.8. The van der Waals surface area contributed by atoms with Crippen LogP contribution in [0.4, 0.5) is 0 Å². The van der Waals surface area contributed by atoms with Crippen molar-refractivity contribution in [3.8, 4) is 0 Å². The summed E-state index contributed by atoms with van der Waals surface area (Å²) in [5.74, 6) is -0.0284. The third-order valence-corrected chi connectivity index (χ3v) is 16.8. The molecule has 6 heteroatoms. The third-order valence-electron chi connectivity index (χ3n) is 16.8. The number of aliphatic hydroxyl groups is 2. The number of amides is 1. The Balaban J connectivity index is 3.37. The van der Waals surface area contributed by atoms with Crippen LogP contribution in [0, 0.1) is 0 Å². The van der Waals surface area contributed by atoms with Crippen molar-refractivity contribution in [1.29, 1.82) is 0 Å². The number of carbonyl (C=O) groups excluding carboxylic acids is 2. The van der Waals surface area contributed by atoms with E-state index in [0.29, 0.717) is 25.9 Å². The first-order valence-electron chi connectivity index (χ1n) is 36.4. The van der Waals surface area contributed by atoms with Gasteiger partial charge >= 0.3 is 5.97 Å². The summed E-state index contributed by atoms with van der Waals surface area (Å²) in [5, 5.41) is 23.4. The minimum Gasteiger partial charge on any atom is -0.466 e. The van der Waals surface area contributed by atoms with Gasteiger partial charge in [-0.15, -0.1) is 0 Å². The van der Waals surface area contributed by atoms with E-state index >= 15 is 0 Å². The maximum atomic E-state index is 12.5. The topological polar surface area (TPSA) is 95.9 Å². The van der Waals surface area contributed by atoms with Crippen molar-refractivity contribution in [2.24, 2.45) is 0 Å². The summed E-state index contributed by atoms with van der Waals surface area (Å²) in [6.45, 7) is 4.91. The lowest BCUT2D eigenvalue weighted by Gasteiger charge is -2.22. The Labute approximate surface area is 506 Å². The highest BCUT2D eigenvalue weighted by Crippen LogP contribution is 2.19. The molecule has 0 heterocycles. The van der Waals surface area contributed by atoms with Crippen molar-refractivity contribution < 1.29 is 24.5 Å². The second-order valence-corrected chi connectivity index (χ2v) is 24.9. The fraction of sp³-hybridized carbons (Fsp3) is 0.867. The number of hydrogen-bond donors (Lipinski definition) is 3. The number of allylic oxidation sites excluding steroid dienone is 8. The Morgan fingerprint density at radius 3 is 0.988 bits per heavy atom. The molecule has 0 saturated carbocycles. The molecule has 0 fully saturated rings. The molecule has 0 rings (SSSR count). The molecule has 0 aliphatic rings. The van der Waals surface area contributed by atoms with Crippen LogP contribution in [0.2, 0.25) is 0 Å². The predicted molar refractivity (Wildman–Crippen MR) is 356 cm³/mol. The van der Waals surface area contributed by atoms with Gasteiger partial charge < -0.3 is 20.3 Å². The standard InChI is InChI=1S/C75H141NO5/c1-3-5-7-9-11-13-15-17-18-40-44-47-51-55-59-63-67-73(78)72(71-77)76-74(79)68-64-60-56-52-48-45-41-38-36-34-32-30-28-26-24-22-20-19-21-23-25-27-29-31-33-35-37-39-42-46-50-54-58-62-66-70-81-75(80)69-65-61-57-53-49-43-16-14-12-10-8-6-4-2/h8,10,14,16,21,23,27,29,72-73,77-78H,3-7,9,11-13,15,17-20,22,24-26,28,30-71H2,1-2H3,(H,76,79)/b10-8-,16-14-,23-21-,29-27-. The van der Waals surface area contributed by atoms with E-state index in [1.165, 1.54) is 302 Å². The van der Waals surface area contributed by atoms with E-state index in [2.05, 4.69) is 67.8 Å². The SMILES string of the molecule is CCC/C=C\C/C=C\CCCCCCCC(=O)OCCCCCCCCCCCCC/C=C\C/C=C\CCCCCCCCCCCCCCCCCCCC(=O)NC(CO)C(O)CCCCCCCCCCCCCCCCCC. The molecule has 0 saturated heterocycles. The van der Waals surface area contributed by atoms with Crippen molar-refractivity contribution in [3.05, 3.63) is 48.6 Å². The molecule has 3 N–H and O–H groups in total. The number of carbonyl (C=O) groups is 2. The number of hydrogen-bond acceptors (Lipinski definition) is 5. The van der Waals surface area contributed by atoms with Gasteiger partial charge in [0.25, 0.3) is 0 Å². The molecule has 0 aromatic rings. The van der Waals surface area contributed by atoms with Crippen LogP contribution in [-0.4, -0.2) is 47.4 Å². The quantitative estimate of drug-likeness (QED) is 0.0320. The Morgan fingerprint density at radius 1 is 0.346 bits per heavy atom. The Bertz CT molecular complexity index is 1360. The van der Waals surface area contributed by atoms with Crippen molar-refractivity contribution in [3.63, 3.8) is 0 Å². The van der Waals surface area contributed by atoms with E-state index in [-0.39, 0.29) is 18.5 Å². The molecule has 0 aliphatic heterocycles. The van der Waals surface area contributed by atoms with E-state index in [1.54, 1.807) is 0 Å². The normalized spacial score (nSPS) is 12.8. The van der Waals surface area contributed by atoms with Gasteiger partial charge in [-0.2, -0.15) is 0 Å². The molecule has 0 bridgehead atoms. The lowest BCUT2D eigenvalue weighted by molar-refractivity contribution is -0.143. The minimum absolute atomic E-state index is 0.00142. The maximum Gasteiger partial charge on any atom is 0.305 e. The van der Waals surface area contributed by atoms with Crippen LogP contribution in [0.1, 0.15) is 393 Å². The number of esters is 1. The van der Waals surface area contributed by atoms with E-state index in [0.717, 1.165) is 57.8 Å². The maximum absolute atomic E-state index is 12.5. The molecule has 0 radical (unpaired) electrons. The van der Waals surface area contributed by atoms with Gasteiger partial charge in [0.05, 0.1) is 25.4 Å². The molecule has 0 aromatic heterocycles. The van der Waals surface area contributed by atoms with Crippen LogP contribution < -0.4 is 5.32 Å².